The van der Waals surface area contributed by atoms with Crippen molar-refractivity contribution in [3.8, 4) is 5.75 Å². The third kappa shape index (κ3) is 5.69. The van der Waals surface area contributed by atoms with E-state index in [4.69, 9.17) is 4.74 Å². The van der Waals surface area contributed by atoms with Gasteiger partial charge < -0.3 is 20.3 Å². The maximum atomic E-state index is 13.1. The first kappa shape index (κ1) is 25.0. The number of amides is 3. The maximum absolute atomic E-state index is 13.1. The lowest BCUT2D eigenvalue weighted by molar-refractivity contribution is -0.126. The monoisotopic (exact) mass is 502 g/mol. The highest BCUT2D eigenvalue weighted by molar-refractivity contribution is 6.02. The lowest BCUT2D eigenvalue weighted by Crippen LogP contribution is -2.49. The molecular formula is C29H34N4O4. The summed E-state index contributed by atoms with van der Waals surface area (Å²) in [6.07, 6.45) is 3.21. The molecular weight excluding hydrogens is 468 g/mol. The summed E-state index contributed by atoms with van der Waals surface area (Å²) >= 11 is 0. The lowest BCUT2D eigenvalue weighted by Gasteiger charge is -2.32. The van der Waals surface area contributed by atoms with Gasteiger partial charge in [0.25, 0.3) is 5.91 Å². The molecule has 0 saturated carbocycles. The van der Waals surface area contributed by atoms with E-state index in [1.54, 1.807) is 17.9 Å². The van der Waals surface area contributed by atoms with Crippen molar-refractivity contribution in [3.05, 3.63) is 77.0 Å². The van der Waals surface area contributed by atoms with E-state index in [2.05, 4.69) is 46.4 Å². The number of piperidine rings is 2. The molecule has 0 aliphatic carbocycles. The average Bonchev–Trinajstić information content (AvgIpc) is 3.21. The molecule has 3 amide bonds. The van der Waals surface area contributed by atoms with Crippen LogP contribution in [0.25, 0.3) is 0 Å². The van der Waals surface area contributed by atoms with Crippen LogP contribution in [0.3, 0.4) is 0 Å². The number of ether oxygens (including phenoxy) is 1. The van der Waals surface area contributed by atoms with Crippen molar-refractivity contribution in [3.63, 3.8) is 0 Å². The lowest BCUT2D eigenvalue weighted by atomic mass is 10.0. The Morgan fingerprint density at radius 1 is 1.08 bits per heavy atom. The number of allylic oxidation sites excluding steroid dienone is 1. The number of carbonyl (C=O) groups excluding carboxylic acids is 3. The van der Waals surface area contributed by atoms with Crippen LogP contribution >= 0.6 is 0 Å². The van der Waals surface area contributed by atoms with Crippen LogP contribution in [0.5, 0.6) is 5.75 Å². The number of hydrogen-bond donors (Lipinski definition) is 2. The zero-order valence-corrected chi connectivity index (χ0v) is 21.3. The standard InChI is InChI=1S/C29H34N4O4/c1-19-6-11-26(28(35)30-19)33-17-25-24(29(33)36)4-3-5-27(25)37-18-22-9-7-21(8-10-22)16-32-14-12-23(13-15-32)31-20(2)34/h3-5,7-10,23,26H,1,6,11-18H2,2H3,(H,30,35)(H,31,34). The van der Waals surface area contributed by atoms with E-state index < -0.39 is 6.04 Å². The molecule has 2 fully saturated rings. The first-order chi connectivity index (χ1) is 17.9. The second-order valence-corrected chi connectivity index (χ2v) is 10.2. The normalized spacial score (nSPS) is 20.5. The van der Waals surface area contributed by atoms with Gasteiger partial charge in [-0.15, -0.1) is 0 Å². The van der Waals surface area contributed by atoms with Crippen molar-refractivity contribution in [2.24, 2.45) is 0 Å². The molecule has 2 aromatic rings. The van der Waals surface area contributed by atoms with Crippen LogP contribution in [-0.2, 0) is 29.3 Å². The van der Waals surface area contributed by atoms with Crippen LogP contribution < -0.4 is 15.4 Å². The highest BCUT2D eigenvalue weighted by atomic mass is 16.5. The molecule has 0 aromatic heterocycles. The smallest absolute Gasteiger partial charge is 0.255 e. The van der Waals surface area contributed by atoms with Gasteiger partial charge in [0.2, 0.25) is 11.8 Å². The van der Waals surface area contributed by atoms with Gasteiger partial charge in [0, 0.05) is 49.4 Å². The van der Waals surface area contributed by atoms with E-state index in [1.807, 2.05) is 12.1 Å². The molecule has 37 heavy (non-hydrogen) atoms. The number of hydrogen-bond acceptors (Lipinski definition) is 5. The van der Waals surface area contributed by atoms with Crippen molar-refractivity contribution < 1.29 is 19.1 Å². The summed E-state index contributed by atoms with van der Waals surface area (Å²) in [5.41, 5.74) is 4.44. The fraction of sp³-hybridized carbons (Fsp3) is 0.414. The van der Waals surface area contributed by atoms with Gasteiger partial charge in [-0.2, -0.15) is 0 Å². The Kier molecular flexibility index (Phi) is 7.28. The Morgan fingerprint density at radius 3 is 2.51 bits per heavy atom. The summed E-state index contributed by atoms with van der Waals surface area (Å²) in [6.45, 7) is 9.01. The maximum Gasteiger partial charge on any atom is 0.255 e. The van der Waals surface area contributed by atoms with E-state index in [9.17, 15) is 14.4 Å². The van der Waals surface area contributed by atoms with E-state index in [1.165, 1.54) is 5.56 Å². The zero-order chi connectivity index (χ0) is 25.9. The third-order valence-corrected chi connectivity index (χ3v) is 7.47. The molecule has 3 aliphatic heterocycles. The van der Waals surface area contributed by atoms with Crippen molar-refractivity contribution >= 4 is 17.7 Å². The van der Waals surface area contributed by atoms with Gasteiger partial charge in [-0.05, 0) is 48.9 Å². The number of nitrogens with zero attached hydrogens (tertiary/aromatic N) is 2. The Labute approximate surface area is 217 Å². The number of fused-ring (bicyclic) bond motifs is 1. The quantitative estimate of drug-likeness (QED) is 0.607. The van der Waals surface area contributed by atoms with Crippen LogP contribution in [0.15, 0.2) is 54.7 Å². The van der Waals surface area contributed by atoms with Crippen LogP contribution in [-0.4, -0.2) is 52.7 Å². The molecule has 3 heterocycles. The number of benzene rings is 2. The molecule has 3 aliphatic rings. The molecule has 0 radical (unpaired) electrons. The molecule has 0 bridgehead atoms. The molecule has 5 rings (SSSR count). The van der Waals surface area contributed by atoms with Gasteiger partial charge in [0.1, 0.15) is 18.4 Å². The van der Waals surface area contributed by atoms with Crippen molar-refractivity contribution in [1.82, 2.24) is 20.4 Å². The summed E-state index contributed by atoms with van der Waals surface area (Å²) < 4.78 is 6.16. The van der Waals surface area contributed by atoms with E-state index >= 15 is 0 Å². The summed E-state index contributed by atoms with van der Waals surface area (Å²) in [5, 5.41) is 5.80. The second-order valence-electron chi connectivity index (χ2n) is 10.2. The predicted octanol–water partition coefficient (Wildman–Crippen LogP) is 3.11. The molecule has 2 N–H and O–H groups in total. The SMILES string of the molecule is C=C1CCC(N2Cc3c(OCc4ccc(CN5CCC(NC(C)=O)CC5)cc4)cccc3C2=O)C(=O)N1. The molecule has 8 nitrogen and oxygen atoms in total. The molecule has 1 atom stereocenters. The molecule has 2 saturated heterocycles. The molecule has 194 valence electrons. The topological polar surface area (TPSA) is 91.0 Å². The molecule has 0 spiro atoms. The van der Waals surface area contributed by atoms with Crippen LogP contribution in [0, 0.1) is 0 Å². The summed E-state index contributed by atoms with van der Waals surface area (Å²) in [6, 6.07) is 13.8. The van der Waals surface area contributed by atoms with E-state index in [0.29, 0.717) is 43.0 Å². The Balaban J connectivity index is 1.16. The fourth-order valence-corrected chi connectivity index (χ4v) is 5.46. The number of nitrogens with one attached hydrogen (secondary N) is 2. The highest BCUT2D eigenvalue weighted by Gasteiger charge is 2.39. The van der Waals surface area contributed by atoms with Gasteiger partial charge in [-0.25, -0.2) is 0 Å². The van der Waals surface area contributed by atoms with Crippen molar-refractivity contribution in [1.29, 1.82) is 0 Å². The van der Waals surface area contributed by atoms with Gasteiger partial charge in [0.15, 0.2) is 0 Å². The Hall–Kier alpha value is -3.65. The van der Waals surface area contributed by atoms with Gasteiger partial charge in [-0.3, -0.25) is 19.3 Å². The highest BCUT2D eigenvalue weighted by Crippen LogP contribution is 2.34. The predicted molar refractivity (Wildman–Crippen MR) is 140 cm³/mol. The summed E-state index contributed by atoms with van der Waals surface area (Å²) in [5.74, 6) is 0.430. The van der Waals surface area contributed by atoms with Crippen LogP contribution in [0.2, 0.25) is 0 Å². The second kappa shape index (κ2) is 10.8. The Morgan fingerprint density at radius 2 is 1.81 bits per heavy atom. The third-order valence-electron chi connectivity index (χ3n) is 7.47. The van der Waals surface area contributed by atoms with Crippen LogP contribution in [0.4, 0.5) is 0 Å². The van der Waals surface area contributed by atoms with Crippen LogP contribution in [0.1, 0.15) is 59.7 Å². The Bertz CT molecular complexity index is 1200. The fourth-order valence-electron chi connectivity index (χ4n) is 5.46. The van der Waals surface area contributed by atoms with Gasteiger partial charge >= 0.3 is 0 Å². The number of likely N-dealkylation sites (tertiary alicyclic amines) is 1. The van der Waals surface area contributed by atoms with Gasteiger partial charge in [-0.1, -0.05) is 36.9 Å². The molecule has 1 unspecified atom stereocenters. The average molecular weight is 503 g/mol. The molecule has 2 aromatic carbocycles. The molecule has 8 heteroatoms. The summed E-state index contributed by atoms with van der Waals surface area (Å²) in [7, 11) is 0. The van der Waals surface area contributed by atoms with E-state index in [0.717, 1.165) is 43.6 Å². The summed E-state index contributed by atoms with van der Waals surface area (Å²) in [4.78, 5) is 40.9. The minimum Gasteiger partial charge on any atom is -0.489 e. The van der Waals surface area contributed by atoms with Gasteiger partial charge in [0.05, 0.1) is 6.54 Å². The number of rotatable bonds is 7. The first-order valence-corrected chi connectivity index (χ1v) is 13.0. The number of carbonyl (C=O) groups is 3. The first-order valence-electron chi connectivity index (χ1n) is 13.0. The largest absolute Gasteiger partial charge is 0.489 e. The minimum absolute atomic E-state index is 0.0453. The van der Waals surface area contributed by atoms with E-state index in [-0.39, 0.29) is 23.8 Å². The van der Waals surface area contributed by atoms with Crippen molar-refractivity contribution in [2.45, 2.75) is 64.4 Å². The van der Waals surface area contributed by atoms with Crippen molar-refractivity contribution in [2.75, 3.05) is 13.1 Å². The zero-order valence-electron chi connectivity index (χ0n) is 21.3. The minimum atomic E-state index is -0.484.